The molecule has 1 fully saturated rings. The van der Waals surface area contributed by atoms with E-state index in [0.717, 1.165) is 27.1 Å². The van der Waals surface area contributed by atoms with E-state index in [-0.39, 0.29) is 23.7 Å². The predicted octanol–water partition coefficient (Wildman–Crippen LogP) is 4.23. The van der Waals surface area contributed by atoms with Gasteiger partial charge in [-0.3, -0.25) is 0 Å². The van der Waals surface area contributed by atoms with Crippen molar-refractivity contribution < 1.29 is 14.9 Å². The van der Waals surface area contributed by atoms with Crippen LogP contribution in [0.3, 0.4) is 0 Å². The van der Waals surface area contributed by atoms with Gasteiger partial charge in [-0.1, -0.05) is 48.5 Å². The summed E-state index contributed by atoms with van der Waals surface area (Å²) in [7, 11) is 0. The van der Waals surface area contributed by atoms with Crippen LogP contribution in [-0.4, -0.2) is 16.3 Å². The van der Waals surface area contributed by atoms with E-state index in [1.807, 2.05) is 24.3 Å². The molecule has 3 aromatic carbocycles. The zero-order chi connectivity index (χ0) is 14.1. The SMILES string of the molecule is OC1=C(O)C2OC2c2c1ccc1ccc3ccccc3c21. The van der Waals surface area contributed by atoms with Crippen LogP contribution >= 0.6 is 0 Å². The quantitative estimate of drug-likeness (QED) is 0.477. The van der Waals surface area contributed by atoms with Gasteiger partial charge in [0.2, 0.25) is 0 Å². The Balaban J connectivity index is 2.01. The van der Waals surface area contributed by atoms with Crippen molar-refractivity contribution in [2.45, 2.75) is 12.2 Å². The van der Waals surface area contributed by atoms with Gasteiger partial charge in [-0.2, -0.15) is 0 Å². The second-order valence-electron chi connectivity index (χ2n) is 5.62. The van der Waals surface area contributed by atoms with Crippen molar-refractivity contribution in [3.8, 4) is 0 Å². The summed E-state index contributed by atoms with van der Waals surface area (Å²) in [6.45, 7) is 0. The highest BCUT2D eigenvalue weighted by Crippen LogP contribution is 2.53. The highest BCUT2D eigenvalue weighted by atomic mass is 16.6. The monoisotopic (exact) mass is 276 g/mol. The van der Waals surface area contributed by atoms with Gasteiger partial charge in [0.1, 0.15) is 12.2 Å². The summed E-state index contributed by atoms with van der Waals surface area (Å²) in [6, 6.07) is 16.2. The molecule has 1 aliphatic carbocycles. The van der Waals surface area contributed by atoms with Crippen LogP contribution in [-0.2, 0) is 4.74 Å². The molecule has 3 nitrogen and oxygen atoms in total. The Morgan fingerprint density at radius 1 is 0.810 bits per heavy atom. The van der Waals surface area contributed by atoms with E-state index in [1.54, 1.807) is 0 Å². The van der Waals surface area contributed by atoms with Crippen molar-refractivity contribution in [1.82, 2.24) is 0 Å². The Morgan fingerprint density at radius 3 is 2.48 bits per heavy atom. The number of fused-ring (bicyclic) bond motifs is 7. The van der Waals surface area contributed by atoms with Crippen molar-refractivity contribution >= 4 is 27.3 Å². The fourth-order valence-corrected chi connectivity index (χ4v) is 3.44. The zero-order valence-electron chi connectivity index (χ0n) is 11.1. The molecular formula is C18H12O3. The Hall–Kier alpha value is -2.52. The number of epoxide rings is 1. The van der Waals surface area contributed by atoms with Crippen LogP contribution in [0.15, 0.2) is 54.3 Å². The van der Waals surface area contributed by atoms with Crippen LogP contribution in [0.25, 0.3) is 27.3 Å². The van der Waals surface area contributed by atoms with Gasteiger partial charge in [-0.15, -0.1) is 0 Å². The fraction of sp³-hybridized carbons (Fsp3) is 0.111. The Labute approximate surface area is 120 Å². The summed E-state index contributed by atoms with van der Waals surface area (Å²) in [5.41, 5.74) is 1.67. The molecule has 0 bridgehead atoms. The molecule has 0 aromatic heterocycles. The molecule has 0 spiro atoms. The summed E-state index contributed by atoms with van der Waals surface area (Å²) in [6.07, 6.45) is -0.535. The van der Waals surface area contributed by atoms with E-state index < -0.39 is 0 Å². The lowest BCUT2D eigenvalue weighted by Gasteiger charge is -2.16. The second-order valence-corrected chi connectivity index (χ2v) is 5.62. The normalized spacial score (nSPS) is 23.2. The van der Waals surface area contributed by atoms with Crippen molar-refractivity contribution in [2.75, 3.05) is 0 Å². The molecule has 1 heterocycles. The Morgan fingerprint density at radius 2 is 1.57 bits per heavy atom. The third-order valence-corrected chi connectivity index (χ3v) is 4.49. The maximum absolute atomic E-state index is 10.2. The topological polar surface area (TPSA) is 53.0 Å². The van der Waals surface area contributed by atoms with E-state index in [4.69, 9.17) is 4.74 Å². The summed E-state index contributed by atoms with van der Waals surface area (Å²) < 4.78 is 5.58. The maximum Gasteiger partial charge on any atom is 0.167 e. The number of hydrogen-bond acceptors (Lipinski definition) is 3. The first kappa shape index (κ1) is 11.2. The molecule has 0 amide bonds. The highest BCUT2D eigenvalue weighted by Gasteiger charge is 2.50. The number of aliphatic hydroxyl groups is 2. The third-order valence-electron chi connectivity index (χ3n) is 4.49. The largest absolute Gasteiger partial charge is 0.506 e. The standard InChI is InChI=1S/C18H12O3/c19-15-12-8-7-10-6-5-9-3-1-2-4-11(9)13(10)14(12)17-18(21-17)16(15)20/h1-8,17-20H. The van der Waals surface area contributed by atoms with Gasteiger partial charge in [0.25, 0.3) is 0 Å². The average Bonchev–Trinajstić information content (AvgIpc) is 3.32. The van der Waals surface area contributed by atoms with Crippen molar-refractivity contribution in [3.05, 3.63) is 65.4 Å². The summed E-state index contributed by atoms with van der Waals surface area (Å²) in [5, 5.41) is 24.7. The Kier molecular flexibility index (Phi) is 1.90. The fourth-order valence-electron chi connectivity index (χ4n) is 3.44. The molecule has 0 saturated carbocycles. The molecule has 2 atom stereocenters. The van der Waals surface area contributed by atoms with E-state index in [0.29, 0.717) is 5.56 Å². The van der Waals surface area contributed by atoms with Crippen molar-refractivity contribution in [3.63, 3.8) is 0 Å². The van der Waals surface area contributed by atoms with E-state index in [1.165, 1.54) is 0 Å². The first-order chi connectivity index (χ1) is 10.3. The van der Waals surface area contributed by atoms with Crippen LogP contribution in [0.1, 0.15) is 17.2 Å². The summed E-state index contributed by atoms with van der Waals surface area (Å²) >= 11 is 0. The van der Waals surface area contributed by atoms with Crippen LogP contribution in [0.4, 0.5) is 0 Å². The molecule has 5 rings (SSSR count). The minimum absolute atomic E-state index is 0.0490. The molecule has 21 heavy (non-hydrogen) atoms. The minimum Gasteiger partial charge on any atom is -0.506 e. The van der Waals surface area contributed by atoms with Crippen LogP contribution in [0.5, 0.6) is 0 Å². The highest BCUT2D eigenvalue weighted by molar-refractivity contribution is 6.10. The second kappa shape index (κ2) is 3.57. The minimum atomic E-state index is -0.387. The number of hydrogen-bond donors (Lipinski definition) is 2. The molecule has 1 aliphatic heterocycles. The maximum atomic E-state index is 10.2. The van der Waals surface area contributed by atoms with Gasteiger partial charge >= 0.3 is 0 Å². The number of benzene rings is 3. The zero-order valence-corrected chi connectivity index (χ0v) is 11.1. The lowest BCUT2D eigenvalue weighted by Crippen LogP contribution is -2.08. The van der Waals surface area contributed by atoms with Crippen LogP contribution in [0, 0.1) is 0 Å². The van der Waals surface area contributed by atoms with Crippen molar-refractivity contribution in [2.24, 2.45) is 0 Å². The number of ether oxygens (including phenoxy) is 1. The number of aliphatic hydroxyl groups excluding tert-OH is 2. The summed E-state index contributed by atoms with van der Waals surface area (Å²) in [5.74, 6) is -0.106. The van der Waals surface area contributed by atoms with E-state index in [2.05, 4.69) is 24.3 Å². The molecule has 3 heteroatoms. The molecule has 2 unspecified atom stereocenters. The molecule has 1 saturated heterocycles. The van der Waals surface area contributed by atoms with Gasteiger partial charge in [0.05, 0.1) is 0 Å². The van der Waals surface area contributed by atoms with Crippen LogP contribution < -0.4 is 0 Å². The predicted molar refractivity (Wildman–Crippen MR) is 81.2 cm³/mol. The van der Waals surface area contributed by atoms with Gasteiger partial charge in [-0.05, 0) is 21.5 Å². The first-order valence-corrected chi connectivity index (χ1v) is 6.98. The molecule has 2 N–H and O–H groups in total. The van der Waals surface area contributed by atoms with Crippen LogP contribution in [0.2, 0.25) is 0 Å². The van der Waals surface area contributed by atoms with Gasteiger partial charge in [0, 0.05) is 11.1 Å². The Bertz CT molecular complexity index is 955. The summed E-state index contributed by atoms with van der Waals surface area (Å²) in [4.78, 5) is 0. The van der Waals surface area contributed by atoms with Crippen molar-refractivity contribution in [1.29, 1.82) is 0 Å². The van der Waals surface area contributed by atoms with E-state index >= 15 is 0 Å². The molecule has 0 radical (unpaired) electrons. The van der Waals surface area contributed by atoms with Gasteiger partial charge in [0.15, 0.2) is 11.5 Å². The smallest absolute Gasteiger partial charge is 0.167 e. The van der Waals surface area contributed by atoms with E-state index in [9.17, 15) is 10.2 Å². The number of rotatable bonds is 0. The van der Waals surface area contributed by atoms with Gasteiger partial charge < -0.3 is 14.9 Å². The first-order valence-electron chi connectivity index (χ1n) is 6.98. The lowest BCUT2D eigenvalue weighted by molar-refractivity contribution is 0.309. The third kappa shape index (κ3) is 1.31. The molecule has 2 aliphatic rings. The average molecular weight is 276 g/mol. The van der Waals surface area contributed by atoms with Gasteiger partial charge in [-0.25, -0.2) is 0 Å². The molecular weight excluding hydrogens is 264 g/mol. The lowest BCUT2D eigenvalue weighted by atomic mass is 9.87. The molecule has 102 valence electrons. The molecule has 3 aromatic rings.